The number of nitrogens with two attached hydrogens (primary N) is 2. The smallest absolute Gasteiger partial charge is 0.0497 e. The summed E-state index contributed by atoms with van der Waals surface area (Å²) in [7, 11) is 2.12. The summed E-state index contributed by atoms with van der Waals surface area (Å²) in [5.41, 5.74) is 13.9. The Hall–Kier alpha value is -0.780. The van der Waals surface area contributed by atoms with Crippen LogP contribution in [0.1, 0.15) is 11.6 Å². The molecule has 2 unspecified atom stereocenters. The highest BCUT2D eigenvalue weighted by Crippen LogP contribution is 2.27. The molecule has 0 bridgehead atoms. The number of nitrogens with zero attached hydrogens (tertiary/aromatic N) is 2. The second-order valence-corrected chi connectivity index (χ2v) is 5.30. The Morgan fingerprint density at radius 2 is 2.44 bits per heavy atom. The molecular formula is C11H18N4S. The van der Waals surface area contributed by atoms with Crippen LogP contribution in [0, 0.1) is 0 Å². The fourth-order valence-electron chi connectivity index (χ4n) is 1.99. The van der Waals surface area contributed by atoms with Crippen LogP contribution >= 0.6 is 11.8 Å². The fraction of sp³-hybridized carbons (Fsp3) is 0.545. The molecule has 1 aliphatic rings. The Morgan fingerprint density at radius 3 is 3.12 bits per heavy atom. The summed E-state index contributed by atoms with van der Waals surface area (Å²) in [6.07, 6.45) is 3.48. The minimum atomic E-state index is -0.0495. The van der Waals surface area contributed by atoms with Gasteiger partial charge in [0.15, 0.2) is 0 Å². The Bertz CT molecular complexity index is 358. The summed E-state index contributed by atoms with van der Waals surface area (Å²) in [5, 5.41) is 0. The highest BCUT2D eigenvalue weighted by atomic mass is 32.2. The van der Waals surface area contributed by atoms with Gasteiger partial charge in [0.25, 0.3) is 0 Å². The van der Waals surface area contributed by atoms with Crippen LogP contribution in [0.25, 0.3) is 0 Å². The van der Waals surface area contributed by atoms with E-state index in [1.165, 1.54) is 5.75 Å². The highest BCUT2D eigenvalue weighted by molar-refractivity contribution is 7.99. The second-order valence-electron chi connectivity index (χ2n) is 4.15. The molecule has 4 N–H and O–H groups in total. The molecule has 0 aliphatic carbocycles. The predicted molar refractivity (Wildman–Crippen MR) is 69.3 cm³/mol. The van der Waals surface area contributed by atoms with E-state index in [1.54, 1.807) is 12.4 Å². The molecule has 1 aromatic heterocycles. The van der Waals surface area contributed by atoms with Crippen LogP contribution in [-0.4, -0.2) is 41.0 Å². The number of aromatic nitrogens is 1. The van der Waals surface area contributed by atoms with Crippen molar-refractivity contribution < 1.29 is 0 Å². The van der Waals surface area contributed by atoms with Crippen molar-refractivity contribution in [1.29, 1.82) is 0 Å². The van der Waals surface area contributed by atoms with Gasteiger partial charge in [-0.1, -0.05) is 0 Å². The Balaban J connectivity index is 2.17. The molecule has 1 fully saturated rings. The van der Waals surface area contributed by atoms with E-state index in [9.17, 15) is 0 Å². The number of rotatable bonds is 2. The molecule has 1 aromatic rings. The number of likely N-dealkylation sites (N-methyl/N-ethyl adjacent to an activating group) is 1. The van der Waals surface area contributed by atoms with Crippen LogP contribution in [-0.2, 0) is 0 Å². The molecule has 1 saturated heterocycles. The first-order valence-corrected chi connectivity index (χ1v) is 6.58. The average molecular weight is 238 g/mol. The van der Waals surface area contributed by atoms with E-state index in [4.69, 9.17) is 11.5 Å². The lowest BCUT2D eigenvalue weighted by Gasteiger charge is -2.36. The maximum Gasteiger partial charge on any atom is 0.0497 e. The lowest BCUT2D eigenvalue weighted by atomic mass is 10.0. The van der Waals surface area contributed by atoms with Crippen LogP contribution < -0.4 is 11.5 Å². The van der Waals surface area contributed by atoms with Gasteiger partial charge in [-0.2, -0.15) is 11.8 Å². The normalized spacial score (nSPS) is 24.2. The largest absolute Gasteiger partial charge is 0.398 e. The fourth-order valence-corrected chi connectivity index (χ4v) is 3.27. The SMILES string of the molecule is CN1CCSCC1C(N)c1cnccc1N. The van der Waals surface area contributed by atoms with Gasteiger partial charge in [0.2, 0.25) is 0 Å². The molecule has 5 heteroatoms. The molecule has 0 aromatic carbocycles. The van der Waals surface area contributed by atoms with Gasteiger partial charge < -0.3 is 11.5 Å². The number of pyridine rings is 1. The van der Waals surface area contributed by atoms with Crippen LogP contribution in [0.5, 0.6) is 0 Å². The molecule has 2 heterocycles. The van der Waals surface area contributed by atoms with Crippen LogP contribution in [0.3, 0.4) is 0 Å². The Labute approximate surface area is 100 Å². The molecule has 0 radical (unpaired) electrons. The molecule has 0 saturated carbocycles. The molecule has 2 rings (SSSR count). The van der Waals surface area contributed by atoms with Crippen molar-refractivity contribution in [1.82, 2.24) is 9.88 Å². The van der Waals surface area contributed by atoms with Crippen LogP contribution in [0.15, 0.2) is 18.5 Å². The molecule has 2 atom stereocenters. The molecular weight excluding hydrogens is 220 g/mol. The highest BCUT2D eigenvalue weighted by Gasteiger charge is 2.27. The van der Waals surface area contributed by atoms with Crippen molar-refractivity contribution in [3.05, 3.63) is 24.0 Å². The van der Waals surface area contributed by atoms with Gasteiger partial charge in [-0.15, -0.1) is 0 Å². The first-order valence-electron chi connectivity index (χ1n) is 5.43. The van der Waals surface area contributed by atoms with Gasteiger partial charge in [-0.3, -0.25) is 9.88 Å². The van der Waals surface area contributed by atoms with E-state index in [2.05, 4.69) is 16.9 Å². The minimum absolute atomic E-state index is 0.0495. The average Bonchev–Trinajstić information content (AvgIpc) is 2.29. The lowest BCUT2D eigenvalue weighted by Crippen LogP contribution is -2.46. The van der Waals surface area contributed by atoms with E-state index in [0.29, 0.717) is 6.04 Å². The number of nitrogen functional groups attached to an aromatic ring is 1. The van der Waals surface area contributed by atoms with E-state index in [0.717, 1.165) is 23.5 Å². The maximum absolute atomic E-state index is 6.29. The summed E-state index contributed by atoms with van der Waals surface area (Å²) in [6, 6.07) is 2.11. The van der Waals surface area contributed by atoms with Crippen molar-refractivity contribution in [2.75, 3.05) is 30.8 Å². The predicted octanol–water partition coefficient (Wildman–Crippen LogP) is 0.711. The van der Waals surface area contributed by atoms with E-state index in [-0.39, 0.29) is 6.04 Å². The summed E-state index contributed by atoms with van der Waals surface area (Å²) >= 11 is 1.95. The summed E-state index contributed by atoms with van der Waals surface area (Å²) < 4.78 is 0. The van der Waals surface area contributed by atoms with Crippen LogP contribution in [0.4, 0.5) is 5.69 Å². The first-order chi connectivity index (χ1) is 7.70. The zero-order valence-electron chi connectivity index (χ0n) is 9.47. The zero-order valence-corrected chi connectivity index (χ0v) is 10.3. The van der Waals surface area contributed by atoms with Crippen molar-refractivity contribution in [2.45, 2.75) is 12.1 Å². The van der Waals surface area contributed by atoms with Crippen LogP contribution in [0.2, 0.25) is 0 Å². The van der Waals surface area contributed by atoms with Gasteiger partial charge in [-0.05, 0) is 13.1 Å². The molecule has 4 nitrogen and oxygen atoms in total. The topological polar surface area (TPSA) is 68.2 Å². The van der Waals surface area contributed by atoms with E-state index < -0.39 is 0 Å². The van der Waals surface area contributed by atoms with Gasteiger partial charge in [-0.25, -0.2) is 0 Å². The van der Waals surface area contributed by atoms with Crippen molar-refractivity contribution in [3.63, 3.8) is 0 Å². The monoisotopic (exact) mass is 238 g/mol. The number of hydrogen-bond donors (Lipinski definition) is 2. The van der Waals surface area contributed by atoms with Gasteiger partial charge in [0, 0.05) is 53.8 Å². The standard InChI is InChI=1S/C11H18N4S/c1-15-4-5-16-7-10(15)11(13)8-6-14-3-2-9(8)12/h2-3,6,10-11H,4-5,7,13H2,1H3,(H2,12,14). The third-order valence-electron chi connectivity index (χ3n) is 3.10. The van der Waals surface area contributed by atoms with Crippen molar-refractivity contribution >= 4 is 17.4 Å². The number of thioether (sulfide) groups is 1. The Morgan fingerprint density at radius 1 is 1.62 bits per heavy atom. The zero-order chi connectivity index (χ0) is 11.5. The first kappa shape index (κ1) is 11.7. The molecule has 0 amide bonds. The van der Waals surface area contributed by atoms with Gasteiger partial charge in [0.1, 0.15) is 0 Å². The number of hydrogen-bond acceptors (Lipinski definition) is 5. The molecule has 0 spiro atoms. The van der Waals surface area contributed by atoms with E-state index >= 15 is 0 Å². The second kappa shape index (κ2) is 5.03. The lowest BCUT2D eigenvalue weighted by molar-refractivity contribution is 0.237. The van der Waals surface area contributed by atoms with Gasteiger partial charge in [0.05, 0.1) is 0 Å². The number of anilines is 1. The molecule has 16 heavy (non-hydrogen) atoms. The van der Waals surface area contributed by atoms with Crippen molar-refractivity contribution in [2.24, 2.45) is 5.73 Å². The summed E-state index contributed by atoms with van der Waals surface area (Å²) in [4.78, 5) is 6.41. The molecule has 1 aliphatic heterocycles. The Kier molecular flexibility index (Phi) is 3.68. The quantitative estimate of drug-likeness (QED) is 0.794. The van der Waals surface area contributed by atoms with Gasteiger partial charge >= 0.3 is 0 Å². The third-order valence-corrected chi connectivity index (χ3v) is 4.15. The maximum atomic E-state index is 6.29. The molecule has 88 valence electrons. The van der Waals surface area contributed by atoms with E-state index in [1.807, 2.05) is 17.8 Å². The van der Waals surface area contributed by atoms with Crippen molar-refractivity contribution in [3.8, 4) is 0 Å². The third kappa shape index (κ3) is 2.31. The summed E-state index contributed by atoms with van der Waals surface area (Å²) in [5.74, 6) is 2.24. The summed E-state index contributed by atoms with van der Waals surface area (Å²) in [6.45, 7) is 1.09. The minimum Gasteiger partial charge on any atom is -0.398 e.